The molecule has 0 unspecified atom stereocenters. The Morgan fingerprint density at radius 3 is 2.50 bits per heavy atom. The molecule has 0 saturated heterocycles. The highest BCUT2D eigenvalue weighted by molar-refractivity contribution is 5.77. The lowest BCUT2D eigenvalue weighted by atomic mass is 9.64. The first-order chi connectivity index (χ1) is 11.7. The van der Waals surface area contributed by atoms with E-state index in [1.165, 1.54) is 12.0 Å². The summed E-state index contributed by atoms with van der Waals surface area (Å²) >= 11 is 0. The highest BCUT2D eigenvalue weighted by Crippen LogP contribution is 2.43. The molecule has 24 heavy (non-hydrogen) atoms. The molecule has 4 nitrogen and oxygen atoms in total. The molecule has 1 fully saturated rings. The molecule has 1 saturated carbocycles. The van der Waals surface area contributed by atoms with Crippen molar-refractivity contribution in [1.82, 2.24) is 5.32 Å². The SMILES string of the molecule is N#Cc1ccccc1OCC(=O)NCC1(c2ccccc2)CCC1. The van der Waals surface area contributed by atoms with E-state index in [2.05, 4.69) is 23.5 Å². The lowest BCUT2D eigenvalue weighted by molar-refractivity contribution is -0.123. The van der Waals surface area contributed by atoms with Gasteiger partial charge in [-0.2, -0.15) is 5.26 Å². The summed E-state index contributed by atoms with van der Waals surface area (Å²) in [6, 6.07) is 19.3. The van der Waals surface area contributed by atoms with Gasteiger partial charge in [-0.15, -0.1) is 0 Å². The van der Waals surface area contributed by atoms with Crippen molar-refractivity contribution in [3.05, 3.63) is 65.7 Å². The molecule has 0 heterocycles. The zero-order valence-corrected chi connectivity index (χ0v) is 13.5. The molecule has 0 radical (unpaired) electrons. The first kappa shape index (κ1) is 16.1. The summed E-state index contributed by atoms with van der Waals surface area (Å²) in [4.78, 5) is 12.1. The molecule has 4 heteroatoms. The zero-order valence-electron chi connectivity index (χ0n) is 13.5. The van der Waals surface area contributed by atoms with E-state index in [9.17, 15) is 4.79 Å². The number of hydrogen-bond donors (Lipinski definition) is 1. The Morgan fingerprint density at radius 1 is 1.12 bits per heavy atom. The summed E-state index contributed by atoms with van der Waals surface area (Å²) in [6.07, 6.45) is 3.38. The Hall–Kier alpha value is -2.80. The summed E-state index contributed by atoms with van der Waals surface area (Å²) in [5.41, 5.74) is 1.78. The van der Waals surface area contributed by atoms with Gasteiger partial charge < -0.3 is 10.1 Å². The minimum absolute atomic E-state index is 0.0570. The van der Waals surface area contributed by atoms with E-state index in [0.717, 1.165) is 12.8 Å². The first-order valence-electron chi connectivity index (χ1n) is 8.18. The normalized spacial score (nSPS) is 15.0. The second-order valence-electron chi connectivity index (χ2n) is 6.17. The third kappa shape index (κ3) is 3.41. The average Bonchev–Trinajstić information content (AvgIpc) is 2.60. The van der Waals surface area contributed by atoms with Crippen LogP contribution in [0, 0.1) is 11.3 Å². The van der Waals surface area contributed by atoms with Crippen LogP contribution >= 0.6 is 0 Å². The quantitative estimate of drug-likeness (QED) is 0.889. The fourth-order valence-electron chi connectivity index (χ4n) is 3.11. The fourth-order valence-corrected chi connectivity index (χ4v) is 3.11. The van der Waals surface area contributed by atoms with Gasteiger partial charge in [0.2, 0.25) is 0 Å². The molecule has 2 aromatic rings. The van der Waals surface area contributed by atoms with Gasteiger partial charge in [0.25, 0.3) is 5.91 Å². The molecule has 0 atom stereocenters. The summed E-state index contributed by atoms with van der Waals surface area (Å²) < 4.78 is 5.48. The van der Waals surface area contributed by atoms with Gasteiger partial charge in [-0.25, -0.2) is 0 Å². The number of nitrogens with zero attached hydrogens (tertiary/aromatic N) is 1. The number of carbonyl (C=O) groups excluding carboxylic acids is 1. The number of nitriles is 1. The van der Waals surface area contributed by atoms with E-state index >= 15 is 0 Å². The Balaban J connectivity index is 1.55. The number of carbonyl (C=O) groups is 1. The van der Waals surface area contributed by atoms with Crippen LogP contribution in [0.15, 0.2) is 54.6 Å². The molecular formula is C20H20N2O2. The Kier molecular flexibility index (Phi) is 4.81. The van der Waals surface area contributed by atoms with E-state index in [1.54, 1.807) is 24.3 Å². The van der Waals surface area contributed by atoms with Crippen molar-refractivity contribution in [1.29, 1.82) is 5.26 Å². The minimum atomic E-state index is -0.162. The largest absolute Gasteiger partial charge is 0.482 e. The van der Waals surface area contributed by atoms with Gasteiger partial charge >= 0.3 is 0 Å². The van der Waals surface area contributed by atoms with Crippen molar-refractivity contribution in [2.45, 2.75) is 24.7 Å². The van der Waals surface area contributed by atoms with Gasteiger partial charge in [-0.05, 0) is 30.5 Å². The summed E-state index contributed by atoms with van der Waals surface area (Å²) in [5.74, 6) is 0.279. The fraction of sp³-hybridized carbons (Fsp3) is 0.300. The Bertz CT molecular complexity index is 746. The van der Waals surface area contributed by atoms with E-state index in [-0.39, 0.29) is 17.9 Å². The first-order valence-corrected chi connectivity index (χ1v) is 8.18. The molecule has 1 N–H and O–H groups in total. The number of ether oxygens (including phenoxy) is 1. The van der Waals surface area contributed by atoms with Gasteiger partial charge in [-0.3, -0.25) is 4.79 Å². The van der Waals surface area contributed by atoms with Crippen molar-refractivity contribution >= 4 is 5.91 Å². The van der Waals surface area contributed by atoms with E-state index in [1.807, 2.05) is 18.2 Å². The lowest BCUT2D eigenvalue weighted by Crippen LogP contribution is -2.46. The van der Waals surface area contributed by atoms with Gasteiger partial charge in [0.05, 0.1) is 5.56 Å². The van der Waals surface area contributed by atoms with Crippen LogP contribution in [0.1, 0.15) is 30.4 Å². The van der Waals surface area contributed by atoms with Crippen molar-refractivity contribution in [2.24, 2.45) is 0 Å². The highest BCUT2D eigenvalue weighted by Gasteiger charge is 2.38. The van der Waals surface area contributed by atoms with Gasteiger partial charge in [0, 0.05) is 12.0 Å². The van der Waals surface area contributed by atoms with Crippen LogP contribution in [0.25, 0.3) is 0 Å². The summed E-state index contributed by atoms with van der Waals surface area (Å²) in [5, 5.41) is 12.0. The number of benzene rings is 2. The number of hydrogen-bond acceptors (Lipinski definition) is 3. The topological polar surface area (TPSA) is 62.1 Å². The van der Waals surface area contributed by atoms with Gasteiger partial charge in [-0.1, -0.05) is 48.9 Å². The monoisotopic (exact) mass is 320 g/mol. The standard InChI is InChI=1S/C20H20N2O2/c21-13-16-7-4-5-10-18(16)24-14-19(23)22-15-20(11-6-12-20)17-8-2-1-3-9-17/h1-5,7-10H,6,11-12,14-15H2,(H,22,23). The number of rotatable bonds is 6. The van der Waals surface area contributed by atoms with Crippen LogP contribution < -0.4 is 10.1 Å². The van der Waals surface area contributed by atoms with Crippen LogP contribution in [-0.4, -0.2) is 19.1 Å². The van der Waals surface area contributed by atoms with Crippen molar-refractivity contribution in [3.8, 4) is 11.8 Å². The molecule has 0 bridgehead atoms. The molecule has 122 valence electrons. The Labute approximate surface area is 142 Å². The van der Waals surface area contributed by atoms with Gasteiger partial charge in [0.1, 0.15) is 11.8 Å². The van der Waals surface area contributed by atoms with Crippen LogP contribution in [0.2, 0.25) is 0 Å². The van der Waals surface area contributed by atoms with Crippen LogP contribution in [0.4, 0.5) is 0 Å². The van der Waals surface area contributed by atoms with Gasteiger partial charge in [0.15, 0.2) is 6.61 Å². The predicted octanol–water partition coefficient (Wildman–Crippen LogP) is 3.18. The van der Waals surface area contributed by atoms with Crippen LogP contribution in [0.5, 0.6) is 5.75 Å². The van der Waals surface area contributed by atoms with Crippen molar-refractivity contribution in [2.75, 3.05) is 13.2 Å². The molecule has 3 rings (SSSR count). The third-order valence-electron chi connectivity index (χ3n) is 4.69. The minimum Gasteiger partial charge on any atom is -0.482 e. The molecule has 1 aliphatic rings. The number of para-hydroxylation sites is 1. The predicted molar refractivity (Wildman–Crippen MR) is 91.6 cm³/mol. The maximum Gasteiger partial charge on any atom is 0.257 e. The maximum atomic E-state index is 12.1. The highest BCUT2D eigenvalue weighted by atomic mass is 16.5. The third-order valence-corrected chi connectivity index (χ3v) is 4.69. The summed E-state index contributed by atoms with van der Waals surface area (Å²) in [6.45, 7) is 0.544. The van der Waals surface area contributed by atoms with Crippen LogP contribution in [-0.2, 0) is 10.2 Å². The molecule has 0 aliphatic heterocycles. The van der Waals surface area contributed by atoms with Crippen LogP contribution in [0.3, 0.4) is 0 Å². The second-order valence-corrected chi connectivity index (χ2v) is 6.17. The van der Waals surface area contributed by atoms with E-state index in [4.69, 9.17) is 10.00 Å². The average molecular weight is 320 g/mol. The molecule has 1 aliphatic carbocycles. The molecule has 1 amide bonds. The smallest absolute Gasteiger partial charge is 0.257 e. The number of amides is 1. The van der Waals surface area contributed by atoms with E-state index in [0.29, 0.717) is 17.9 Å². The number of nitrogens with one attached hydrogen (secondary N) is 1. The maximum absolute atomic E-state index is 12.1. The van der Waals surface area contributed by atoms with E-state index < -0.39 is 0 Å². The van der Waals surface area contributed by atoms with Crippen molar-refractivity contribution in [3.63, 3.8) is 0 Å². The summed E-state index contributed by atoms with van der Waals surface area (Å²) in [7, 11) is 0. The Morgan fingerprint density at radius 2 is 1.83 bits per heavy atom. The zero-order chi connectivity index (χ0) is 16.8. The lowest BCUT2D eigenvalue weighted by Gasteiger charge is -2.42. The molecule has 2 aromatic carbocycles. The van der Waals surface area contributed by atoms with Crippen molar-refractivity contribution < 1.29 is 9.53 Å². The molecular weight excluding hydrogens is 300 g/mol. The molecule has 0 aromatic heterocycles. The molecule has 0 spiro atoms. The second kappa shape index (κ2) is 7.18.